The Labute approximate surface area is 207 Å². The van der Waals surface area contributed by atoms with Crippen molar-refractivity contribution in [3.05, 3.63) is 41.3 Å². The third-order valence-corrected chi connectivity index (χ3v) is 7.74. The summed E-state index contributed by atoms with van der Waals surface area (Å²) in [7, 11) is -4.21. The Morgan fingerprint density at radius 2 is 2.06 bits per heavy atom. The van der Waals surface area contributed by atoms with Crippen molar-refractivity contribution in [1.29, 1.82) is 5.26 Å². The zero-order chi connectivity index (χ0) is 26.6. The molecule has 36 heavy (non-hydrogen) atoms. The van der Waals surface area contributed by atoms with E-state index in [0.29, 0.717) is 31.2 Å². The summed E-state index contributed by atoms with van der Waals surface area (Å²) in [6.45, 7) is 3.87. The van der Waals surface area contributed by atoms with Crippen LogP contribution in [0.1, 0.15) is 67.1 Å². The minimum atomic E-state index is -4.55. The predicted molar refractivity (Wildman–Crippen MR) is 125 cm³/mol. The Morgan fingerprint density at radius 3 is 2.72 bits per heavy atom. The van der Waals surface area contributed by atoms with Crippen LogP contribution < -0.4 is 10.0 Å². The number of nitrogens with one attached hydrogen (secondary N) is 2. The predicted octanol–water partition coefficient (Wildman–Crippen LogP) is 4.91. The van der Waals surface area contributed by atoms with Crippen molar-refractivity contribution in [2.75, 3.05) is 18.4 Å². The molecule has 1 atom stereocenters. The molecule has 1 aromatic heterocycles. The largest absolute Gasteiger partial charge is 0.431 e. The lowest BCUT2D eigenvalue weighted by Crippen LogP contribution is -2.44. The van der Waals surface area contributed by atoms with Gasteiger partial charge < -0.3 is 9.73 Å². The van der Waals surface area contributed by atoms with E-state index in [2.05, 4.69) is 16.4 Å². The Kier molecular flexibility index (Phi) is 8.30. The van der Waals surface area contributed by atoms with E-state index in [1.807, 2.05) is 11.6 Å². The second kappa shape index (κ2) is 10.9. The molecule has 0 saturated carbocycles. The normalized spacial score (nSPS) is 19.3. The maximum Gasteiger partial charge on any atom is 0.416 e. The molecule has 196 valence electrons. The number of hydrogen-bond acceptors (Lipinski definition) is 7. The number of unbranched alkanes of at least 4 members (excludes halogenated alkanes) is 1. The summed E-state index contributed by atoms with van der Waals surface area (Å²) in [5.41, 5.74) is -1.28. The van der Waals surface area contributed by atoms with Gasteiger partial charge in [0.05, 0.1) is 17.0 Å². The Hall–Kier alpha value is -3.11. The number of alkyl halides is 3. The van der Waals surface area contributed by atoms with Gasteiger partial charge in [-0.25, -0.2) is 4.72 Å². The smallest absolute Gasteiger partial charge is 0.416 e. The van der Waals surface area contributed by atoms with Crippen molar-refractivity contribution in [1.82, 2.24) is 14.0 Å². The summed E-state index contributed by atoms with van der Waals surface area (Å²) < 4.78 is 72.9. The van der Waals surface area contributed by atoms with Crippen LogP contribution in [0.2, 0.25) is 0 Å². The Morgan fingerprint density at radius 1 is 1.31 bits per heavy atom. The highest BCUT2D eigenvalue weighted by Crippen LogP contribution is 2.36. The lowest BCUT2D eigenvalue weighted by atomic mass is 9.78. The maximum atomic E-state index is 13.0. The Balaban J connectivity index is 1.67. The molecule has 0 aliphatic carbocycles. The number of aryl methyl sites for hydroxylation is 1. The summed E-state index contributed by atoms with van der Waals surface area (Å²) in [6.07, 6.45) is 0.300. The average molecular weight is 528 g/mol. The number of carbonyl (C=O) groups is 1. The van der Waals surface area contributed by atoms with Crippen LogP contribution in [0.3, 0.4) is 0 Å². The van der Waals surface area contributed by atoms with Crippen molar-refractivity contribution in [2.45, 2.75) is 58.5 Å². The van der Waals surface area contributed by atoms with E-state index >= 15 is 0 Å². The standard InChI is InChI=1S/C23H28F3N5O4S/c1-3-4-8-22(15-27)9-5-11-31(12-10-22)36(33,34)30-20(32)19-14-35-21(29-19)28-18-13-17(23(24,25)26)7-6-16(18)2/h6-7,13-14H,3-5,8-12H2,1-2H3,(H,28,29)(H,30,32). The first-order chi connectivity index (χ1) is 16.9. The van der Waals surface area contributed by atoms with Crippen molar-refractivity contribution >= 4 is 27.8 Å². The number of anilines is 2. The van der Waals surface area contributed by atoms with Gasteiger partial charge in [-0.05, 0) is 50.3 Å². The van der Waals surface area contributed by atoms with Gasteiger partial charge in [-0.2, -0.15) is 36.1 Å². The number of benzene rings is 1. The maximum absolute atomic E-state index is 13.0. The van der Waals surface area contributed by atoms with Crippen LogP contribution in [-0.2, 0) is 16.4 Å². The molecule has 1 aliphatic heterocycles. The molecule has 9 nitrogen and oxygen atoms in total. The van der Waals surface area contributed by atoms with Gasteiger partial charge in [-0.3, -0.25) is 4.79 Å². The van der Waals surface area contributed by atoms with E-state index in [1.165, 1.54) is 6.07 Å². The van der Waals surface area contributed by atoms with Crippen LogP contribution in [0.4, 0.5) is 24.9 Å². The quantitative estimate of drug-likeness (QED) is 0.499. The lowest BCUT2D eigenvalue weighted by molar-refractivity contribution is -0.137. The van der Waals surface area contributed by atoms with Crippen LogP contribution >= 0.6 is 0 Å². The average Bonchev–Trinajstić information content (AvgIpc) is 3.16. The van der Waals surface area contributed by atoms with Crippen molar-refractivity contribution in [3.63, 3.8) is 0 Å². The first-order valence-corrected chi connectivity index (χ1v) is 13.0. The van der Waals surface area contributed by atoms with Gasteiger partial charge in [0, 0.05) is 18.8 Å². The third kappa shape index (κ3) is 6.55. The second-order valence-electron chi connectivity index (χ2n) is 8.87. The van der Waals surface area contributed by atoms with Crippen molar-refractivity contribution in [2.24, 2.45) is 5.41 Å². The number of aromatic nitrogens is 1. The number of rotatable bonds is 8. The first-order valence-electron chi connectivity index (χ1n) is 11.5. The van der Waals surface area contributed by atoms with Gasteiger partial charge in [0.2, 0.25) is 0 Å². The number of amides is 1. The molecule has 0 bridgehead atoms. The fourth-order valence-electron chi connectivity index (χ4n) is 4.06. The fourth-order valence-corrected chi connectivity index (χ4v) is 5.23. The number of nitriles is 1. The number of carbonyl (C=O) groups excluding carboxylic acids is 1. The third-order valence-electron chi connectivity index (χ3n) is 6.25. The van der Waals surface area contributed by atoms with Gasteiger partial charge in [0.25, 0.3) is 11.9 Å². The highest BCUT2D eigenvalue weighted by molar-refractivity contribution is 7.87. The molecular formula is C23H28F3N5O4S. The molecule has 2 heterocycles. The van der Waals surface area contributed by atoms with E-state index in [9.17, 15) is 31.6 Å². The van der Waals surface area contributed by atoms with E-state index < -0.39 is 33.3 Å². The molecule has 2 aromatic rings. The molecular weight excluding hydrogens is 499 g/mol. The lowest BCUT2D eigenvalue weighted by Gasteiger charge is -2.25. The molecule has 3 rings (SSSR count). The zero-order valence-corrected chi connectivity index (χ0v) is 20.8. The summed E-state index contributed by atoms with van der Waals surface area (Å²) >= 11 is 0. The van der Waals surface area contributed by atoms with Crippen LogP contribution in [0.25, 0.3) is 0 Å². The van der Waals surface area contributed by atoms with Crippen LogP contribution in [0.15, 0.2) is 28.9 Å². The molecule has 1 aromatic carbocycles. The number of oxazole rings is 1. The zero-order valence-electron chi connectivity index (χ0n) is 20.0. The second-order valence-corrected chi connectivity index (χ2v) is 10.5. The minimum Gasteiger partial charge on any atom is -0.431 e. The molecule has 1 amide bonds. The topological polar surface area (TPSA) is 128 Å². The van der Waals surface area contributed by atoms with E-state index in [1.54, 1.807) is 6.92 Å². The first kappa shape index (κ1) is 27.5. The summed E-state index contributed by atoms with van der Waals surface area (Å²) in [5, 5.41) is 12.3. The van der Waals surface area contributed by atoms with E-state index in [4.69, 9.17) is 4.42 Å². The number of hydrogen-bond donors (Lipinski definition) is 2. The van der Waals surface area contributed by atoms with Gasteiger partial charge >= 0.3 is 16.4 Å². The van der Waals surface area contributed by atoms with Gasteiger partial charge in [0.1, 0.15) is 6.26 Å². The molecule has 13 heteroatoms. The summed E-state index contributed by atoms with van der Waals surface area (Å²) in [4.78, 5) is 16.4. The van der Waals surface area contributed by atoms with Crippen molar-refractivity contribution < 1.29 is 30.8 Å². The molecule has 1 fully saturated rings. The number of halogens is 3. The summed E-state index contributed by atoms with van der Waals surface area (Å²) in [6, 6.07) is 5.19. The molecule has 1 unspecified atom stereocenters. The van der Waals surface area contributed by atoms with Crippen molar-refractivity contribution in [3.8, 4) is 6.07 Å². The van der Waals surface area contributed by atoms with E-state index in [0.717, 1.165) is 35.5 Å². The van der Waals surface area contributed by atoms with Crippen LogP contribution in [0.5, 0.6) is 0 Å². The number of nitrogens with zero attached hydrogens (tertiary/aromatic N) is 3. The van der Waals surface area contributed by atoms with Crippen LogP contribution in [-0.4, -0.2) is 36.7 Å². The van der Waals surface area contributed by atoms with Gasteiger partial charge in [-0.15, -0.1) is 0 Å². The molecule has 0 radical (unpaired) electrons. The van der Waals surface area contributed by atoms with E-state index in [-0.39, 0.29) is 30.5 Å². The summed E-state index contributed by atoms with van der Waals surface area (Å²) in [5.74, 6) is -1.05. The highest BCUT2D eigenvalue weighted by atomic mass is 32.2. The molecule has 0 spiro atoms. The van der Waals surface area contributed by atoms with Gasteiger partial charge in [0.15, 0.2) is 5.69 Å². The SMILES string of the molecule is CCCCC1(C#N)CCCN(S(=O)(=O)NC(=O)c2coc(Nc3cc(C(F)(F)F)ccc3C)n2)CC1. The van der Waals surface area contributed by atoms with Gasteiger partial charge in [-0.1, -0.05) is 25.8 Å². The Bertz CT molecular complexity index is 1240. The minimum absolute atomic E-state index is 0.0693. The van der Waals surface area contributed by atoms with Crippen LogP contribution in [0, 0.1) is 23.7 Å². The molecule has 1 saturated heterocycles. The monoisotopic (exact) mass is 527 g/mol. The fraction of sp³-hybridized carbons (Fsp3) is 0.522. The molecule has 1 aliphatic rings. The molecule has 2 N–H and O–H groups in total. The highest BCUT2D eigenvalue weighted by Gasteiger charge is 2.36.